The topological polar surface area (TPSA) is 99.3 Å². The first-order chi connectivity index (χ1) is 17.6. The van der Waals surface area contributed by atoms with E-state index in [9.17, 15) is 9.18 Å². The Balaban J connectivity index is 1.28. The molecule has 0 radical (unpaired) electrons. The number of thiophene rings is 1. The van der Waals surface area contributed by atoms with E-state index in [0.717, 1.165) is 73.4 Å². The number of carbonyl (C=O) groups excluding carboxylic acids is 1. The lowest BCUT2D eigenvalue weighted by Gasteiger charge is -2.07. The van der Waals surface area contributed by atoms with E-state index in [4.69, 9.17) is 0 Å². The van der Waals surface area contributed by atoms with Crippen LogP contribution in [0.5, 0.6) is 0 Å². The average molecular weight is 495 g/mol. The van der Waals surface area contributed by atoms with Gasteiger partial charge in [0.1, 0.15) is 5.69 Å². The number of nitrogens with one attached hydrogen (secondary N) is 3. The van der Waals surface area contributed by atoms with Crippen LogP contribution in [0.4, 0.5) is 10.1 Å². The Morgan fingerprint density at radius 1 is 1.03 bits per heavy atom. The number of halogens is 1. The molecule has 36 heavy (non-hydrogen) atoms. The lowest BCUT2D eigenvalue weighted by Crippen LogP contribution is -2.13. The summed E-state index contributed by atoms with van der Waals surface area (Å²) in [5, 5.41) is 12.1. The number of hydrogen-bond donors (Lipinski definition) is 3. The van der Waals surface area contributed by atoms with Gasteiger partial charge in [-0.1, -0.05) is 12.1 Å². The van der Waals surface area contributed by atoms with Gasteiger partial charge in [0.05, 0.1) is 17.6 Å². The highest BCUT2D eigenvalue weighted by atomic mass is 32.1. The van der Waals surface area contributed by atoms with E-state index >= 15 is 0 Å². The van der Waals surface area contributed by atoms with Gasteiger partial charge in [0, 0.05) is 56.2 Å². The van der Waals surface area contributed by atoms with E-state index in [0.29, 0.717) is 11.3 Å². The molecule has 7 rings (SSSR count). The molecule has 5 aromatic heterocycles. The molecule has 176 valence electrons. The van der Waals surface area contributed by atoms with Crippen molar-refractivity contribution in [2.75, 3.05) is 5.32 Å². The number of amides is 1. The summed E-state index contributed by atoms with van der Waals surface area (Å²) in [4.78, 5) is 25.4. The zero-order valence-electron chi connectivity index (χ0n) is 18.9. The first-order valence-electron chi connectivity index (χ1n) is 11.6. The minimum absolute atomic E-state index is 0.0446. The van der Waals surface area contributed by atoms with Crippen molar-refractivity contribution in [1.29, 1.82) is 0 Å². The van der Waals surface area contributed by atoms with Crippen LogP contribution in [-0.4, -0.2) is 31.1 Å². The maximum absolute atomic E-state index is 13.7. The van der Waals surface area contributed by atoms with Crippen LogP contribution in [0.25, 0.3) is 54.9 Å². The maximum Gasteiger partial charge on any atom is 0.227 e. The van der Waals surface area contributed by atoms with Crippen molar-refractivity contribution in [3.8, 4) is 33.0 Å². The molecule has 1 amide bonds. The molecule has 6 aromatic rings. The molecule has 0 atom stereocenters. The number of fused-ring (bicyclic) bond motifs is 2. The summed E-state index contributed by atoms with van der Waals surface area (Å²) in [5.41, 5.74) is 6.55. The Morgan fingerprint density at radius 2 is 1.92 bits per heavy atom. The van der Waals surface area contributed by atoms with Crippen molar-refractivity contribution in [2.24, 2.45) is 5.92 Å². The fraction of sp³-hybridized carbons (Fsp3) is 0.111. The molecule has 3 N–H and O–H groups in total. The van der Waals surface area contributed by atoms with Crippen molar-refractivity contribution in [3.63, 3.8) is 0 Å². The summed E-state index contributed by atoms with van der Waals surface area (Å²) >= 11 is 1.13. The second-order valence-corrected chi connectivity index (χ2v) is 10.0. The first-order valence-corrected chi connectivity index (χ1v) is 12.4. The summed E-state index contributed by atoms with van der Waals surface area (Å²) in [6.07, 6.45) is 7.07. The van der Waals surface area contributed by atoms with Crippen LogP contribution in [0.3, 0.4) is 0 Å². The van der Waals surface area contributed by atoms with Crippen molar-refractivity contribution < 1.29 is 9.18 Å². The van der Waals surface area contributed by atoms with E-state index in [1.165, 1.54) is 6.07 Å². The third kappa shape index (κ3) is 3.64. The number of hydrogen-bond acceptors (Lipinski definition) is 5. The Bertz CT molecular complexity index is 1780. The number of aromatic amines is 2. The molecule has 0 aliphatic heterocycles. The van der Waals surface area contributed by atoms with Gasteiger partial charge in [0.2, 0.25) is 5.91 Å². The SMILES string of the molecule is O=C(Nc1cncc(-c2cnc3[nH]nc(-c4cc5c(-c6ccc(F)s6)cccc5[nH]4)c3c2)c1)C1CC1. The Hall–Kier alpha value is -4.37. The number of rotatable bonds is 5. The monoisotopic (exact) mass is 494 g/mol. The number of anilines is 1. The quantitative estimate of drug-likeness (QED) is 0.259. The van der Waals surface area contributed by atoms with Crippen molar-refractivity contribution in [3.05, 3.63) is 72.3 Å². The lowest BCUT2D eigenvalue weighted by molar-refractivity contribution is -0.117. The zero-order chi connectivity index (χ0) is 24.2. The molecule has 1 fully saturated rings. The highest BCUT2D eigenvalue weighted by Gasteiger charge is 2.29. The third-order valence-electron chi connectivity index (χ3n) is 6.46. The molecule has 5 heterocycles. The molecule has 1 aliphatic rings. The van der Waals surface area contributed by atoms with E-state index in [1.807, 2.05) is 36.4 Å². The van der Waals surface area contributed by atoms with E-state index in [1.54, 1.807) is 24.7 Å². The van der Waals surface area contributed by atoms with Crippen LogP contribution >= 0.6 is 11.3 Å². The van der Waals surface area contributed by atoms with Crippen molar-refractivity contribution >= 4 is 44.9 Å². The van der Waals surface area contributed by atoms with Gasteiger partial charge in [-0.15, -0.1) is 11.3 Å². The van der Waals surface area contributed by atoms with E-state index in [-0.39, 0.29) is 17.0 Å². The second-order valence-electron chi connectivity index (χ2n) is 8.97. The molecule has 0 saturated heterocycles. The van der Waals surface area contributed by atoms with Crippen LogP contribution in [-0.2, 0) is 4.79 Å². The lowest BCUT2D eigenvalue weighted by atomic mass is 10.1. The van der Waals surface area contributed by atoms with Crippen molar-refractivity contribution in [1.82, 2.24) is 25.1 Å². The molecule has 7 nitrogen and oxygen atoms in total. The Kier molecular flexibility index (Phi) is 4.71. The molecule has 1 aromatic carbocycles. The minimum atomic E-state index is -0.208. The Morgan fingerprint density at radius 3 is 2.75 bits per heavy atom. The summed E-state index contributed by atoms with van der Waals surface area (Å²) in [6.45, 7) is 0. The van der Waals surface area contributed by atoms with Gasteiger partial charge >= 0.3 is 0 Å². The molecule has 1 aliphatic carbocycles. The highest BCUT2D eigenvalue weighted by Crippen LogP contribution is 2.37. The van der Waals surface area contributed by atoms with Gasteiger partial charge in [-0.2, -0.15) is 9.49 Å². The van der Waals surface area contributed by atoms with Gasteiger partial charge in [-0.25, -0.2) is 4.98 Å². The van der Waals surface area contributed by atoms with E-state index in [2.05, 4.69) is 30.5 Å². The first kappa shape index (κ1) is 21.0. The van der Waals surface area contributed by atoms with Gasteiger partial charge in [0.15, 0.2) is 10.8 Å². The smallest absolute Gasteiger partial charge is 0.227 e. The molecule has 0 bridgehead atoms. The number of pyridine rings is 2. The van der Waals surface area contributed by atoms with Gasteiger partial charge < -0.3 is 10.3 Å². The molecular weight excluding hydrogens is 475 g/mol. The fourth-order valence-electron chi connectivity index (χ4n) is 4.48. The summed E-state index contributed by atoms with van der Waals surface area (Å²) in [7, 11) is 0. The van der Waals surface area contributed by atoms with E-state index < -0.39 is 0 Å². The summed E-state index contributed by atoms with van der Waals surface area (Å²) < 4.78 is 13.7. The number of carbonyl (C=O) groups is 1. The van der Waals surface area contributed by atoms with Gasteiger partial charge in [0.25, 0.3) is 0 Å². The molecular formula is C27H19FN6OS. The summed E-state index contributed by atoms with van der Waals surface area (Å²) in [6, 6.07) is 15.2. The van der Waals surface area contributed by atoms with Crippen LogP contribution in [0, 0.1) is 11.0 Å². The molecule has 9 heteroatoms. The predicted octanol–water partition coefficient (Wildman–Crippen LogP) is 6.38. The van der Waals surface area contributed by atoms with Crippen LogP contribution in [0.1, 0.15) is 12.8 Å². The largest absolute Gasteiger partial charge is 0.353 e. The highest BCUT2D eigenvalue weighted by molar-refractivity contribution is 7.14. The van der Waals surface area contributed by atoms with Crippen LogP contribution in [0.15, 0.2) is 67.1 Å². The number of H-pyrrole nitrogens is 2. The zero-order valence-corrected chi connectivity index (χ0v) is 19.7. The van der Waals surface area contributed by atoms with Crippen LogP contribution < -0.4 is 5.32 Å². The van der Waals surface area contributed by atoms with Gasteiger partial charge in [-0.05, 0) is 49.2 Å². The van der Waals surface area contributed by atoms with Gasteiger partial charge in [-0.3, -0.25) is 14.9 Å². The van der Waals surface area contributed by atoms with Crippen molar-refractivity contribution in [2.45, 2.75) is 12.8 Å². The molecule has 1 saturated carbocycles. The summed E-state index contributed by atoms with van der Waals surface area (Å²) in [5.74, 6) is 0.166. The third-order valence-corrected chi connectivity index (χ3v) is 7.37. The van der Waals surface area contributed by atoms with Crippen LogP contribution in [0.2, 0.25) is 0 Å². The standard InChI is InChI=1S/C27H19FN6OS/c28-24-7-6-23(36-24)18-2-1-3-21-19(18)10-22(32-21)25-20-9-16(12-30-26(20)34-33-25)15-8-17(13-29-11-15)31-27(35)14-4-5-14/h1-3,6-14,32H,4-5H2,(H,31,35)(H,30,33,34). The predicted molar refractivity (Wildman–Crippen MR) is 139 cm³/mol. The average Bonchev–Trinajstić information content (AvgIpc) is 3.30. The number of nitrogens with zero attached hydrogens (tertiary/aromatic N) is 3. The number of aromatic nitrogens is 5. The normalized spacial score (nSPS) is 13.5. The Labute approximate surface area is 208 Å². The second kappa shape index (κ2) is 8.10. The fourth-order valence-corrected chi connectivity index (χ4v) is 5.25. The maximum atomic E-state index is 13.7. The number of benzene rings is 1. The minimum Gasteiger partial charge on any atom is -0.353 e. The molecule has 0 spiro atoms. The molecule has 0 unspecified atom stereocenters.